The normalized spacial score (nSPS) is 12.3. The van der Waals surface area contributed by atoms with Gasteiger partial charge < -0.3 is 15.4 Å². The Bertz CT molecular complexity index is 430. The van der Waals surface area contributed by atoms with Crippen molar-refractivity contribution in [2.45, 2.75) is 26.8 Å². The molecular weight excluding hydrogens is 228 g/mol. The van der Waals surface area contributed by atoms with Gasteiger partial charge in [0.15, 0.2) is 0 Å². The van der Waals surface area contributed by atoms with Crippen LogP contribution in [0.5, 0.6) is 5.75 Å². The van der Waals surface area contributed by atoms with Crippen LogP contribution in [0.1, 0.15) is 31.1 Å². The summed E-state index contributed by atoms with van der Waals surface area (Å²) in [6, 6.07) is 5.28. The Hall–Kier alpha value is -1.71. The Labute approximate surface area is 109 Å². The van der Waals surface area contributed by atoms with Gasteiger partial charge in [-0.15, -0.1) is 0 Å². The van der Waals surface area contributed by atoms with Gasteiger partial charge in [-0.25, -0.2) is 0 Å². The molecular formula is C14H22N2O2. The Balaban J connectivity index is 3.03. The summed E-state index contributed by atoms with van der Waals surface area (Å²) >= 11 is 0. The van der Waals surface area contributed by atoms with Crippen molar-refractivity contribution in [2.75, 3.05) is 19.9 Å². The largest absolute Gasteiger partial charge is 0.497 e. The fraction of sp³-hybridized carbons (Fsp3) is 0.500. The van der Waals surface area contributed by atoms with Crippen LogP contribution in [0.4, 0.5) is 5.69 Å². The molecule has 0 saturated heterocycles. The van der Waals surface area contributed by atoms with Gasteiger partial charge in [-0.3, -0.25) is 4.79 Å². The van der Waals surface area contributed by atoms with E-state index in [0.717, 1.165) is 0 Å². The quantitative estimate of drug-likeness (QED) is 0.835. The molecule has 1 rings (SSSR count). The Morgan fingerprint density at radius 1 is 1.33 bits per heavy atom. The first-order chi connectivity index (χ1) is 8.38. The Morgan fingerprint density at radius 3 is 2.44 bits per heavy atom. The molecule has 0 aliphatic heterocycles. The summed E-state index contributed by atoms with van der Waals surface area (Å²) < 4.78 is 5.12. The van der Waals surface area contributed by atoms with Gasteiger partial charge in [0.25, 0.3) is 5.91 Å². The number of methoxy groups -OCH3 is 1. The highest BCUT2D eigenvalue weighted by molar-refractivity contribution is 5.99. The minimum Gasteiger partial charge on any atom is -0.497 e. The van der Waals surface area contributed by atoms with E-state index in [4.69, 9.17) is 10.5 Å². The van der Waals surface area contributed by atoms with Crippen LogP contribution in [0, 0.1) is 5.92 Å². The number of nitrogen functional groups attached to an aromatic ring is 1. The van der Waals surface area contributed by atoms with E-state index in [-0.39, 0.29) is 11.9 Å². The van der Waals surface area contributed by atoms with E-state index in [0.29, 0.717) is 22.9 Å². The molecule has 0 bridgehead atoms. The van der Waals surface area contributed by atoms with Crippen molar-refractivity contribution in [2.24, 2.45) is 5.92 Å². The lowest BCUT2D eigenvalue weighted by Gasteiger charge is -2.28. The van der Waals surface area contributed by atoms with E-state index in [1.807, 2.05) is 6.92 Å². The molecule has 0 spiro atoms. The lowest BCUT2D eigenvalue weighted by Crippen LogP contribution is -2.38. The molecule has 100 valence electrons. The molecule has 18 heavy (non-hydrogen) atoms. The van der Waals surface area contributed by atoms with Crippen molar-refractivity contribution in [3.05, 3.63) is 23.8 Å². The van der Waals surface area contributed by atoms with Crippen LogP contribution >= 0.6 is 0 Å². The predicted octanol–water partition coefficient (Wildman–Crippen LogP) is 2.39. The van der Waals surface area contributed by atoms with E-state index in [1.165, 1.54) is 0 Å². The molecule has 1 atom stereocenters. The molecule has 0 aromatic heterocycles. The summed E-state index contributed by atoms with van der Waals surface area (Å²) in [5.41, 5.74) is 6.82. The Morgan fingerprint density at radius 2 is 1.94 bits per heavy atom. The maximum Gasteiger partial charge on any atom is 0.256 e. The van der Waals surface area contributed by atoms with E-state index in [1.54, 1.807) is 37.3 Å². The SMILES string of the molecule is COc1ccc(N)c(C(=O)N(C)C(C)C(C)C)c1. The second-order valence-electron chi connectivity index (χ2n) is 4.85. The zero-order valence-corrected chi connectivity index (χ0v) is 11.7. The standard InChI is InChI=1S/C14H22N2O2/c1-9(2)10(3)16(4)14(17)12-8-11(18-5)6-7-13(12)15/h6-10H,15H2,1-5H3. The number of rotatable bonds is 4. The number of nitrogens with two attached hydrogens (primary N) is 1. The number of amides is 1. The molecule has 0 aliphatic rings. The smallest absolute Gasteiger partial charge is 0.256 e. The van der Waals surface area contributed by atoms with Gasteiger partial charge in [-0.05, 0) is 31.0 Å². The molecule has 0 radical (unpaired) electrons. The van der Waals surface area contributed by atoms with Gasteiger partial charge in [0.05, 0.1) is 12.7 Å². The predicted molar refractivity (Wildman–Crippen MR) is 73.8 cm³/mol. The van der Waals surface area contributed by atoms with Crippen LogP contribution in [0.3, 0.4) is 0 Å². The molecule has 0 aliphatic carbocycles. The van der Waals surface area contributed by atoms with Gasteiger partial charge in [0.1, 0.15) is 5.75 Å². The molecule has 1 unspecified atom stereocenters. The number of anilines is 1. The molecule has 0 heterocycles. The zero-order chi connectivity index (χ0) is 13.9. The van der Waals surface area contributed by atoms with Crippen LogP contribution in [0.25, 0.3) is 0 Å². The van der Waals surface area contributed by atoms with Gasteiger partial charge >= 0.3 is 0 Å². The topological polar surface area (TPSA) is 55.6 Å². The third kappa shape index (κ3) is 2.94. The van der Waals surface area contributed by atoms with Crippen LogP contribution in [0.15, 0.2) is 18.2 Å². The van der Waals surface area contributed by atoms with E-state index in [9.17, 15) is 4.79 Å². The summed E-state index contributed by atoms with van der Waals surface area (Å²) in [4.78, 5) is 14.1. The van der Waals surface area contributed by atoms with Gasteiger partial charge in [0.2, 0.25) is 0 Å². The first-order valence-electron chi connectivity index (χ1n) is 6.09. The van der Waals surface area contributed by atoms with E-state index < -0.39 is 0 Å². The van der Waals surface area contributed by atoms with Crippen molar-refractivity contribution in [1.29, 1.82) is 0 Å². The third-order valence-electron chi connectivity index (χ3n) is 3.39. The molecule has 2 N–H and O–H groups in total. The van der Waals surface area contributed by atoms with Crippen LogP contribution < -0.4 is 10.5 Å². The molecule has 1 aromatic carbocycles. The second kappa shape index (κ2) is 5.76. The van der Waals surface area contributed by atoms with Crippen LogP contribution in [0.2, 0.25) is 0 Å². The maximum absolute atomic E-state index is 12.4. The van der Waals surface area contributed by atoms with Crippen molar-refractivity contribution in [3.8, 4) is 5.75 Å². The first-order valence-corrected chi connectivity index (χ1v) is 6.09. The highest BCUT2D eigenvalue weighted by Gasteiger charge is 2.21. The molecule has 1 amide bonds. The summed E-state index contributed by atoms with van der Waals surface area (Å²) in [6.45, 7) is 6.20. The average molecular weight is 250 g/mol. The van der Waals surface area contributed by atoms with Gasteiger partial charge in [-0.2, -0.15) is 0 Å². The summed E-state index contributed by atoms with van der Waals surface area (Å²) in [5, 5.41) is 0. The number of carbonyl (C=O) groups is 1. The number of nitrogens with zero attached hydrogens (tertiary/aromatic N) is 1. The Kier molecular flexibility index (Phi) is 4.59. The summed E-state index contributed by atoms with van der Waals surface area (Å²) in [5.74, 6) is 0.955. The van der Waals surface area contributed by atoms with Crippen molar-refractivity contribution < 1.29 is 9.53 Å². The fourth-order valence-electron chi connectivity index (χ4n) is 1.67. The maximum atomic E-state index is 12.4. The lowest BCUT2D eigenvalue weighted by atomic mass is 10.0. The molecule has 0 saturated carbocycles. The van der Waals surface area contributed by atoms with Crippen LogP contribution in [-0.4, -0.2) is 31.0 Å². The molecule has 4 nitrogen and oxygen atoms in total. The number of carbonyl (C=O) groups excluding carboxylic acids is 1. The number of ether oxygens (including phenoxy) is 1. The fourth-order valence-corrected chi connectivity index (χ4v) is 1.67. The lowest BCUT2D eigenvalue weighted by molar-refractivity contribution is 0.0708. The first kappa shape index (κ1) is 14.4. The summed E-state index contributed by atoms with van der Waals surface area (Å²) in [7, 11) is 3.37. The van der Waals surface area contributed by atoms with E-state index >= 15 is 0 Å². The second-order valence-corrected chi connectivity index (χ2v) is 4.85. The van der Waals surface area contributed by atoms with Crippen LogP contribution in [-0.2, 0) is 0 Å². The summed E-state index contributed by atoms with van der Waals surface area (Å²) in [6.07, 6.45) is 0. The number of benzene rings is 1. The third-order valence-corrected chi connectivity index (χ3v) is 3.39. The molecule has 4 heteroatoms. The van der Waals surface area contributed by atoms with Crippen molar-refractivity contribution in [3.63, 3.8) is 0 Å². The van der Waals surface area contributed by atoms with Gasteiger partial charge in [-0.1, -0.05) is 13.8 Å². The monoisotopic (exact) mass is 250 g/mol. The van der Waals surface area contributed by atoms with Crippen molar-refractivity contribution >= 4 is 11.6 Å². The van der Waals surface area contributed by atoms with E-state index in [2.05, 4.69) is 13.8 Å². The van der Waals surface area contributed by atoms with Gasteiger partial charge in [0, 0.05) is 18.8 Å². The number of hydrogen-bond donors (Lipinski definition) is 1. The molecule has 1 aromatic rings. The molecule has 0 fully saturated rings. The minimum atomic E-state index is -0.0763. The average Bonchev–Trinajstić information content (AvgIpc) is 2.36. The highest BCUT2D eigenvalue weighted by atomic mass is 16.5. The zero-order valence-electron chi connectivity index (χ0n) is 11.7. The number of hydrogen-bond acceptors (Lipinski definition) is 3. The van der Waals surface area contributed by atoms with Crippen molar-refractivity contribution in [1.82, 2.24) is 4.90 Å². The minimum absolute atomic E-state index is 0.0763. The highest BCUT2D eigenvalue weighted by Crippen LogP contribution is 2.22.